The normalized spacial score (nSPS) is 14.4. The van der Waals surface area contributed by atoms with E-state index in [9.17, 15) is 0 Å². The predicted molar refractivity (Wildman–Crippen MR) is 133 cm³/mol. The number of nitrogens with zero attached hydrogens (tertiary/aromatic N) is 3. The van der Waals surface area contributed by atoms with Crippen molar-refractivity contribution in [1.82, 2.24) is 19.8 Å². The third-order valence-corrected chi connectivity index (χ3v) is 7.17. The summed E-state index contributed by atoms with van der Waals surface area (Å²) in [4.78, 5) is 6.95. The molecule has 1 fully saturated rings. The van der Waals surface area contributed by atoms with E-state index in [1.807, 2.05) is 24.4 Å². The van der Waals surface area contributed by atoms with Crippen molar-refractivity contribution in [2.24, 2.45) is 0 Å². The molecule has 0 unspecified atom stereocenters. The van der Waals surface area contributed by atoms with E-state index >= 15 is 0 Å². The second kappa shape index (κ2) is 10.8. The van der Waals surface area contributed by atoms with Gasteiger partial charge in [0.05, 0.1) is 14.2 Å². The van der Waals surface area contributed by atoms with Crippen molar-refractivity contribution in [2.45, 2.75) is 38.3 Å². The van der Waals surface area contributed by atoms with Gasteiger partial charge in [0.1, 0.15) is 5.82 Å². The maximum Gasteiger partial charge on any atom is 0.169 e. The minimum atomic E-state index is 0.477. The molecular weight excluding hydrogens is 440 g/mol. The largest absolute Gasteiger partial charge is 0.493 e. The van der Waals surface area contributed by atoms with E-state index in [0.29, 0.717) is 12.5 Å². The van der Waals surface area contributed by atoms with E-state index in [-0.39, 0.29) is 0 Å². The van der Waals surface area contributed by atoms with Gasteiger partial charge in [0.15, 0.2) is 16.6 Å². The molecule has 8 heteroatoms. The molecule has 0 aliphatic carbocycles. The Balaban J connectivity index is 1.29. The van der Waals surface area contributed by atoms with Gasteiger partial charge in [-0.3, -0.25) is 0 Å². The molecule has 1 N–H and O–H groups in total. The summed E-state index contributed by atoms with van der Waals surface area (Å²) in [5.74, 6) is 3.16. The molecule has 4 rings (SSSR count). The number of likely N-dealkylation sites (tertiary alicyclic amines) is 1. The third kappa shape index (κ3) is 5.24. The van der Waals surface area contributed by atoms with Crippen LogP contribution in [-0.2, 0) is 19.5 Å². The fourth-order valence-electron chi connectivity index (χ4n) is 4.27. The lowest BCUT2D eigenvalue weighted by atomic mass is 9.96. The first-order chi connectivity index (χ1) is 15.7. The number of benzene rings is 1. The lowest BCUT2D eigenvalue weighted by Crippen LogP contribution is -2.44. The summed E-state index contributed by atoms with van der Waals surface area (Å²) in [6, 6.07) is 8.09. The molecule has 32 heavy (non-hydrogen) atoms. The molecule has 1 saturated heterocycles. The van der Waals surface area contributed by atoms with Crippen LogP contribution in [0.2, 0.25) is 0 Å². The molecule has 3 aromatic rings. The molecule has 0 spiro atoms. The van der Waals surface area contributed by atoms with Gasteiger partial charge < -0.3 is 24.3 Å². The Morgan fingerprint density at radius 3 is 2.78 bits per heavy atom. The van der Waals surface area contributed by atoms with E-state index in [1.54, 1.807) is 25.6 Å². The fraction of sp³-hybridized carbons (Fsp3) is 0.417. The standard InChI is InChI=1S/C24H30N4O2S2/c1-29-21-5-3-4-20(22(21)30-2)16-26-24(31)28-12-7-19(8-13-28)23-25-10-14-27(23)11-6-18-9-15-32-17-18/h3-5,9-10,14-15,17,19H,6-8,11-13,16H2,1-2H3,(H,26,31). The first-order valence-corrected chi connectivity index (χ1v) is 12.3. The van der Waals surface area contributed by atoms with Crippen molar-refractivity contribution in [3.05, 3.63) is 64.4 Å². The lowest BCUT2D eigenvalue weighted by molar-refractivity contribution is 0.299. The van der Waals surface area contributed by atoms with Crippen molar-refractivity contribution in [2.75, 3.05) is 27.3 Å². The van der Waals surface area contributed by atoms with Crippen LogP contribution in [0.25, 0.3) is 0 Å². The smallest absolute Gasteiger partial charge is 0.169 e. The molecule has 3 heterocycles. The van der Waals surface area contributed by atoms with E-state index in [0.717, 1.165) is 61.1 Å². The number of thiocarbonyl (C=S) groups is 1. The summed E-state index contributed by atoms with van der Waals surface area (Å²) >= 11 is 7.44. The first-order valence-electron chi connectivity index (χ1n) is 10.9. The number of hydrogen-bond acceptors (Lipinski definition) is 5. The molecular formula is C24H30N4O2S2. The minimum absolute atomic E-state index is 0.477. The van der Waals surface area contributed by atoms with Crippen LogP contribution in [0.4, 0.5) is 0 Å². The van der Waals surface area contributed by atoms with Crippen molar-refractivity contribution in [3.8, 4) is 11.5 Å². The van der Waals surface area contributed by atoms with E-state index in [2.05, 4.69) is 37.8 Å². The summed E-state index contributed by atoms with van der Waals surface area (Å²) in [7, 11) is 3.31. The van der Waals surface area contributed by atoms with E-state index in [4.69, 9.17) is 26.7 Å². The van der Waals surface area contributed by atoms with Gasteiger partial charge >= 0.3 is 0 Å². The number of piperidine rings is 1. The average molecular weight is 471 g/mol. The zero-order valence-corrected chi connectivity index (χ0v) is 20.3. The highest BCUT2D eigenvalue weighted by Crippen LogP contribution is 2.31. The highest BCUT2D eigenvalue weighted by atomic mass is 32.1. The molecule has 2 aromatic heterocycles. The number of imidazole rings is 1. The monoisotopic (exact) mass is 470 g/mol. The van der Waals surface area contributed by atoms with Gasteiger partial charge in [-0.05, 0) is 59.9 Å². The molecule has 0 radical (unpaired) electrons. The molecule has 1 aliphatic heterocycles. The molecule has 0 saturated carbocycles. The van der Waals surface area contributed by atoms with Crippen LogP contribution < -0.4 is 14.8 Å². The van der Waals surface area contributed by atoms with Crippen molar-refractivity contribution >= 4 is 28.7 Å². The summed E-state index contributed by atoms with van der Waals surface area (Å²) in [6.07, 6.45) is 7.21. The summed E-state index contributed by atoms with van der Waals surface area (Å²) < 4.78 is 13.2. The van der Waals surface area contributed by atoms with Gasteiger partial charge in [-0.2, -0.15) is 11.3 Å². The zero-order chi connectivity index (χ0) is 22.3. The minimum Gasteiger partial charge on any atom is -0.493 e. The predicted octanol–water partition coefficient (Wildman–Crippen LogP) is 4.46. The zero-order valence-electron chi connectivity index (χ0n) is 18.6. The molecule has 170 valence electrons. The molecule has 0 bridgehead atoms. The Morgan fingerprint density at radius 2 is 2.06 bits per heavy atom. The van der Waals surface area contributed by atoms with Crippen LogP contribution in [0.3, 0.4) is 0 Å². The van der Waals surface area contributed by atoms with Gasteiger partial charge in [-0.1, -0.05) is 12.1 Å². The molecule has 0 amide bonds. The summed E-state index contributed by atoms with van der Waals surface area (Å²) in [5, 5.41) is 8.55. The van der Waals surface area contributed by atoms with Crippen LogP contribution in [-0.4, -0.2) is 46.9 Å². The average Bonchev–Trinajstić information content (AvgIpc) is 3.53. The maximum atomic E-state index is 5.69. The maximum absolute atomic E-state index is 5.69. The fourth-order valence-corrected chi connectivity index (χ4v) is 5.23. The SMILES string of the molecule is COc1cccc(CNC(=S)N2CCC(c3nccn3CCc3ccsc3)CC2)c1OC. The second-order valence-corrected chi connectivity index (χ2v) is 9.10. The number of thiophene rings is 1. The Labute approximate surface area is 199 Å². The topological polar surface area (TPSA) is 51.5 Å². The number of para-hydroxylation sites is 1. The molecule has 6 nitrogen and oxygen atoms in total. The number of rotatable bonds is 8. The Hall–Kier alpha value is -2.58. The van der Waals surface area contributed by atoms with Crippen LogP contribution >= 0.6 is 23.6 Å². The molecule has 1 aliphatic rings. The van der Waals surface area contributed by atoms with E-state index < -0.39 is 0 Å². The number of aromatic nitrogens is 2. The van der Waals surface area contributed by atoms with Gasteiger partial charge in [0, 0.05) is 50.1 Å². The Kier molecular flexibility index (Phi) is 7.65. The van der Waals surface area contributed by atoms with Crippen molar-refractivity contribution in [1.29, 1.82) is 0 Å². The molecule has 0 atom stereocenters. The van der Waals surface area contributed by atoms with Gasteiger partial charge in [-0.15, -0.1) is 0 Å². The van der Waals surface area contributed by atoms with Gasteiger partial charge in [0.2, 0.25) is 0 Å². The highest BCUT2D eigenvalue weighted by Gasteiger charge is 2.25. The van der Waals surface area contributed by atoms with Crippen molar-refractivity contribution in [3.63, 3.8) is 0 Å². The third-order valence-electron chi connectivity index (χ3n) is 6.03. The van der Waals surface area contributed by atoms with E-state index in [1.165, 1.54) is 11.4 Å². The number of ether oxygens (including phenoxy) is 2. The van der Waals surface area contributed by atoms with Gasteiger partial charge in [0.25, 0.3) is 0 Å². The first kappa shape index (κ1) is 22.6. The number of methoxy groups -OCH3 is 2. The van der Waals surface area contributed by atoms with Crippen LogP contribution in [0.15, 0.2) is 47.4 Å². The summed E-state index contributed by atoms with van der Waals surface area (Å²) in [5.41, 5.74) is 2.42. The van der Waals surface area contributed by atoms with Crippen LogP contribution in [0, 0.1) is 0 Å². The second-order valence-electron chi connectivity index (χ2n) is 7.93. The number of hydrogen-bond donors (Lipinski definition) is 1. The van der Waals surface area contributed by atoms with Gasteiger partial charge in [-0.25, -0.2) is 4.98 Å². The Bertz CT molecular complexity index is 1010. The molecule has 1 aromatic carbocycles. The van der Waals surface area contributed by atoms with Crippen LogP contribution in [0.1, 0.15) is 35.7 Å². The number of aryl methyl sites for hydroxylation is 2. The number of nitrogens with one attached hydrogen (secondary N) is 1. The Morgan fingerprint density at radius 1 is 1.22 bits per heavy atom. The van der Waals surface area contributed by atoms with Crippen LogP contribution in [0.5, 0.6) is 11.5 Å². The lowest BCUT2D eigenvalue weighted by Gasteiger charge is -2.34. The quantitative estimate of drug-likeness (QED) is 0.491. The summed E-state index contributed by atoms with van der Waals surface area (Å²) in [6.45, 7) is 3.45. The highest BCUT2D eigenvalue weighted by molar-refractivity contribution is 7.80. The van der Waals surface area contributed by atoms with Crippen molar-refractivity contribution < 1.29 is 9.47 Å².